The maximum Gasteiger partial charge on any atom is 0.255 e. The van der Waals surface area contributed by atoms with Crippen molar-refractivity contribution in [1.82, 2.24) is 0 Å². The van der Waals surface area contributed by atoms with E-state index in [1.54, 1.807) is 37.3 Å². The highest BCUT2D eigenvalue weighted by atomic mass is 16.5. The summed E-state index contributed by atoms with van der Waals surface area (Å²) in [5.41, 5.74) is 1.22. The van der Waals surface area contributed by atoms with E-state index in [1.165, 1.54) is 20.3 Å². The number of hydrogen-bond acceptors (Lipinski definition) is 5. The van der Waals surface area contributed by atoms with E-state index >= 15 is 0 Å². The summed E-state index contributed by atoms with van der Waals surface area (Å²) in [5, 5.41) is 5.53. The Balaban J connectivity index is 2.31. The summed E-state index contributed by atoms with van der Waals surface area (Å²) in [7, 11) is 3.01. The molecule has 0 heterocycles. The number of methoxy groups -OCH3 is 2. The van der Waals surface area contributed by atoms with E-state index in [-0.39, 0.29) is 12.5 Å². The quantitative estimate of drug-likeness (QED) is 0.684. The number of amides is 2. The lowest BCUT2D eigenvalue weighted by molar-refractivity contribution is -0.115. The van der Waals surface area contributed by atoms with Crippen LogP contribution in [0.15, 0.2) is 36.4 Å². The van der Waals surface area contributed by atoms with Gasteiger partial charge in [-0.2, -0.15) is 0 Å². The first kappa shape index (κ1) is 20.6. The van der Waals surface area contributed by atoms with Crippen molar-refractivity contribution in [3.05, 3.63) is 42.0 Å². The summed E-state index contributed by atoms with van der Waals surface area (Å²) in [6, 6.07) is 9.74. The Hall–Kier alpha value is -3.66. The van der Waals surface area contributed by atoms with Crippen LogP contribution >= 0.6 is 0 Å². The molecule has 146 valence electrons. The lowest BCUT2D eigenvalue weighted by Crippen LogP contribution is -2.16. The molecular weight excluding hydrogens is 360 g/mol. The average molecular weight is 382 g/mol. The van der Waals surface area contributed by atoms with Crippen LogP contribution in [0.5, 0.6) is 17.2 Å². The van der Waals surface area contributed by atoms with Crippen molar-refractivity contribution in [3.63, 3.8) is 0 Å². The topological polar surface area (TPSA) is 85.9 Å². The van der Waals surface area contributed by atoms with E-state index in [4.69, 9.17) is 20.6 Å². The first-order chi connectivity index (χ1) is 13.5. The molecule has 0 aliphatic carbocycles. The molecule has 7 heteroatoms. The van der Waals surface area contributed by atoms with Crippen LogP contribution in [0.1, 0.15) is 23.7 Å². The summed E-state index contributed by atoms with van der Waals surface area (Å²) in [5.74, 6) is 3.16. The minimum absolute atomic E-state index is 0.0461. The van der Waals surface area contributed by atoms with Crippen LogP contribution in [0.2, 0.25) is 0 Å². The first-order valence-corrected chi connectivity index (χ1v) is 8.55. The van der Waals surface area contributed by atoms with Crippen LogP contribution in [0.3, 0.4) is 0 Å². The van der Waals surface area contributed by atoms with Crippen LogP contribution in [-0.4, -0.2) is 32.6 Å². The van der Waals surface area contributed by atoms with E-state index in [0.29, 0.717) is 40.6 Å². The molecule has 0 atom stereocenters. The zero-order chi connectivity index (χ0) is 20.5. The van der Waals surface area contributed by atoms with Gasteiger partial charge in [0, 0.05) is 18.1 Å². The van der Waals surface area contributed by atoms with Gasteiger partial charge in [0.1, 0.15) is 12.4 Å². The highest BCUT2D eigenvalue weighted by Crippen LogP contribution is 2.30. The molecule has 2 aromatic carbocycles. The average Bonchev–Trinajstić information content (AvgIpc) is 2.72. The molecule has 0 fully saturated rings. The zero-order valence-electron chi connectivity index (χ0n) is 16.0. The molecule has 0 spiro atoms. The number of nitrogens with one attached hydrogen (secondary N) is 2. The van der Waals surface area contributed by atoms with Gasteiger partial charge < -0.3 is 24.8 Å². The monoisotopic (exact) mass is 382 g/mol. The van der Waals surface area contributed by atoms with Crippen molar-refractivity contribution in [2.45, 2.75) is 13.3 Å². The van der Waals surface area contributed by atoms with E-state index in [1.807, 2.05) is 0 Å². The highest BCUT2D eigenvalue weighted by Gasteiger charge is 2.15. The summed E-state index contributed by atoms with van der Waals surface area (Å²) in [6.45, 7) is 1.79. The number of anilines is 2. The molecule has 2 aromatic rings. The fourth-order valence-electron chi connectivity index (χ4n) is 2.35. The number of terminal acetylenes is 1. The van der Waals surface area contributed by atoms with Crippen molar-refractivity contribution in [3.8, 4) is 29.6 Å². The first-order valence-electron chi connectivity index (χ1n) is 8.55. The van der Waals surface area contributed by atoms with Gasteiger partial charge in [0.2, 0.25) is 5.91 Å². The molecule has 7 nitrogen and oxygen atoms in total. The largest absolute Gasteiger partial charge is 0.497 e. The van der Waals surface area contributed by atoms with Crippen LogP contribution in [0.25, 0.3) is 0 Å². The minimum Gasteiger partial charge on any atom is -0.497 e. The summed E-state index contributed by atoms with van der Waals surface area (Å²) >= 11 is 0. The number of rotatable bonds is 8. The number of benzene rings is 2. The number of hydrogen-bond donors (Lipinski definition) is 2. The number of carbonyl (C=O) groups excluding carboxylic acids is 2. The van der Waals surface area contributed by atoms with Gasteiger partial charge in [0.15, 0.2) is 11.5 Å². The van der Waals surface area contributed by atoms with Crippen molar-refractivity contribution in [2.24, 2.45) is 0 Å². The normalized spacial score (nSPS) is 9.79. The third-order valence-corrected chi connectivity index (χ3v) is 3.81. The van der Waals surface area contributed by atoms with E-state index < -0.39 is 5.91 Å². The second-order valence-corrected chi connectivity index (χ2v) is 5.63. The van der Waals surface area contributed by atoms with Gasteiger partial charge in [-0.05, 0) is 30.3 Å². The molecule has 0 aromatic heterocycles. The Morgan fingerprint density at radius 2 is 1.79 bits per heavy atom. The van der Waals surface area contributed by atoms with Gasteiger partial charge in [-0.15, -0.1) is 6.42 Å². The zero-order valence-corrected chi connectivity index (χ0v) is 16.0. The third-order valence-electron chi connectivity index (χ3n) is 3.81. The maximum absolute atomic E-state index is 12.7. The van der Waals surface area contributed by atoms with Crippen molar-refractivity contribution in [2.75, 3.05) is 31.5 Å². The predicted molar refractivity (Wildman–Crippen MR) is 107 cm³/mol. The second kappa shape index (κ2) is 9.88. The molecule has 0 saturated carbocycles. The Morgan fingerprint density at radius 1 is 1.00 bits per heavy atom. The molecule has 0 radical (unpaired) electrons. The maximum atomic E-state index is 12.7. The third kappa shape index (κ3) is 5.17. The molecule has 2 rings (SSSR count). The molecule has 28 heavy (non-hydrogen) atoms. The SMILES string of the molecule is C#CCOc1cc(C(=O)Nc2cc(OC)ccc2NC(=O)CC)ccc1OC. The molecule has 0 bridgehead atoms. The summed E-state index contributed by atoms with van der Waals surface area (Å²) in [6.07, 6.45) is 5.53. The molecule has 2 N–H and O–H groups in total. The van der Waals surface area contributed by atoms with Crippen molar-refractivity contribution < 1.29 is 23.8 Å². The second-order valence-electron chi connectivity index (χ2n) is 5.63. The fraction of sp³-hybridized carbons (Fsp3) is 0.238. The van der Waals surface area contributed by atoms with Crippen LogP contribution in [-0.2, 0) is 4.79 Å². The highest BCUT2D eigenvalue weighted by molar-refractivity contribution is 6.07. The van der Waals surface area contributed by atoms with Gasteiger partial charge in [-0.3, -0.25) is 9.59 Å². The number of carbonyl (C=O) groups is 2. The molecule has 0 unspecified atom stereocenters. The van der Waals surface area contributed by atoms with Crippen LogP contribution in [0.4, 0.5) is 11.4 Å². The van der Waals surface area contributed by atoms with Crippen molar-refractivity contribution in [1.29, 1.82) is 0 Å². The van der Waals surface area contributed by atoms with Gasteiger partial charge in [-0.1, -0.05) is 12.8 Å². The fourth-order valence-corrected chi connectivity index (χ4v) is 2.35. The van der Waals surface area contributed by atoms with E-state index in [2.05, 4.69) is 16.6 Å². The smallest absolute Gasteiger partial charge is 0.255 e. The Bertz CT molecular complexity index is 902. The van der Waals surface area contributed by atoms with Gasteiger partial charge in [0.25, 0.3) is 5.91 Å². The predicted octanol–water partition coefficient (Wildman–Crippen LogP) is 3.32. The molecule has 0 saturated heterocycles. The number of ether oxygens (including phenoxy) is 3. The van der Waals surface area contributed by atoms with Gasteiger partial charge in [-0.25, -0.2) is 0 Å². The Labute approximate surface area is 164 Å². The standard InChI is InChI=1S/C21H22N2O5/c1-5-11-28-19-12-14(7-10-18(19)27-4)21(25)23-17-13-15(26-3)8-9-16(17)22-20(24)6-2/h1,7-10,12-13H,6,11H2,2-4H3,(H,22,24)(H,23,25). The molecule has 0 aliphatic heterocycles. The minimum atomic E-state index is -0.395. The molecular formula is C21H22N2O5. The van der Waals surface area contributed by atoms with Crippen LogP contribution in [0, 0.1) is 12.3 Å². The summed E-state index contributed by atoms with van der Waals surface area (Å²) < 4.78 is 15.8. The van der Waals surface area contributed by atoms with Crippen LogP contribution < -0.4 is 24.8 Å². The van der Waals surface area contributed by atoms with Gasteiger partial charge in [0.05, 0.1) is 25.6 Å². The molecule has 0 aliphatic rings. The lowest BCUT2D eigenvalue weighted by Gasteiger charge is -2.14. The summed E-state index contributed by atoms with van der Waals surface area (Å²) in [4.78, 5) is 24.5. The van der Waals surface area contributed by atoms with E-state index in [9.17, 15) is 9.59 Å². The molecule has 2 amide bonds. The lowest BCUT2D eigenvalue weighted by atomic mass is 10.1. The Morgan fingerprint density at radius 3 is 2.43 bits per heavy atom. The van der Waals surface area contributed by atoms with Gasteiger partial charge >= 0.3 is 0 Å². The van der Waals surface area contributed by atoms with E-state index in [0.717, 1.165) is 0 Å². The Kier molecular flexibility index (Phi) is 7.28. The van der Waals surface area contributed by atoms with Crippen molar-refractivity contribution >= 4 is 23.2 Å².